The van der Waals surface area contributed by atoms with E-state index in [4.69, 9.17) is 0 Å². The van der Waals surface area contributed by atoms with Gasteiger partial charge in [-0.05, 0) is 79.9 Å². The van der Waals surface area contributed by atoms with Gasteiger partial charge in [-0.1, -0.05) is 0 Å². The van der Waals surface area contributed by atoms with Gasteiger partial charge in [-0.15, -0.1) is 0 Å². The number of nitrogens with one attached hydrogen (secondary N) is 1. The summed E-state index contributed by atoms with van der Waals surface area (Å²) < 4.78 is 27.6. The molecule has 0 bridgehead atoms. The second-order valence-electron chi connectivity index (χ2n) is 5.53. The lowest BCUT2D eigenvalue weighted by molar-refractivity contribution is 0.211. The van der Waals surface area contributed by atoms with Gasteiger partial charge in [0.15, 0.2) is 0 Å². The average Bonchev–Trinajstić information content (AvgIpc) is 2.44. The third-order valence-electron chi connectivity index (χ3n) is 4.01. The standard InChI is InChI=1S/C15H21BrF2N2/c1-20-8-5-11(6-9-20)4-7-19-10-12-14(17)3-2-13(16)15(12)18/h2-3,11,19H,4-10H2,1H3. The molecule has 2 nitrogen and oxygen atoms in total. The third-order valence-corrected chi connectivity index (χ3v) is 4.62. The van der Waals surface area contributed by atoms with Crippen LogP contribution < -0.4 is 5.32 Å². The monoisotopic (exact) mass is 346 g/mol. The highest BCUT2D eigenvalue weighted by Gasteiger charge is 2.16. The molecule has 1 aromatic rings. The first-order valence-corrected chi connectivity index (χ1v) is 7.89. The molecule has 0 radical (unpaired) electrons. The van der Waals surface area contributed by atoms with Crippen molar-refractivity contribution in [2.24, 2.45) is 5.92 Å². The molecule has 0 spiro atoms. The van der Waals surface area contributed by atoms with Crippen LogP contribution in [0.5, 0.6) is 0 Å². The van der Waals surface area contributed by atoms with Crippen LogP contribution in [0.1, 0.15) is 24.8 Å². The van der Waals surface area contributed by atoms with Crippen molar-refractivity contribution in [2.75, 3.05) is 26.7 Å². The van der Waals surface area contributed by atoms with Gasteiger partial charge in [-0.3, -0.25) is 0 Å². The number of benzene rings is 1. The molecule has 0 atom stereocenters. The van der Waals surface area contributed by atoms with Crippen LogP contribution in [0.3, 0.4) is 0 Å². The molecule has 0 unspecified atom stereocenters. The molecule has 20 heavy (non-hydrogen) atoms. The Balaban J connectivity index is 1.75. The maximum Gasteiger partial charge on any atom is 0.144 e. The summed E-state index contributed by atoms with van der Waals surface area (Å²) in [4.78, 5) is 2.34. The van der Waals surface area contributed by atoms with Crippen molar-refractivity contribution >= 4 is 15.9 Å². The van der Waals surface area contributed by atoms with Gasteiger partial charge in [-0.2, -0.15) is 0 Å². The minimum atomic E-state index is -0.503. The summed E-state index contributed by atoms with van der Waals surface area (Å²) in [7, 11) is 2.15. The summed E-state index contributed by atoms with van der Waals surface area (Å²) >= 11 is 3.08. The van der Waals surface area contributed by atoms with Crippen molar-refractivity contribution in [2.45, 2.75) is 25.8 Å². The Hall–Kier alpha value is -0.520. The minimum Gasteiger partial charge on any atom is -0.312 e. The van der Waals surface area contributed by atoms with Gasteiger partial charge in [0, 0.05) is 12.1 Å². The Bertz CT molecular complexity index is 446. The van der Waals surface area contributed by atoms with Crippen molar-refractivity contribution in [3.05, 3.63) is 33.8 Å². The quantitative estimate of drug-likeness (QED) is 0.647. The predicted octanol–water partition coefficient (Wildman–Crippen LogP) is 3.55. The molecular weight excluding hydrogens is 326 g/mol. The van der Waals surface area contributed by atoms with Crippen molar-refractivity contribution in [3.63, 3.8) is 0 Å². The number of piperidine rings is 1. The molecule has 0 aliphatic carbocycles. The highest BCUT2D eigenvalue weighted by atomic mass is 79.9. The molecule has 0 aromatic heterocycles. The molecule has 2 rings (SSSR count). The van der Waals surface area contributed by atoms with Crippen molar-refractivity contribution < 1.29 is 8.78 Å². The van der Waals surface area contributed by atoms with E-state index >= 15 is 0 Å². The minimum absolute atomic E-state index is 0.114. The van der Waals surface area contributed by atoms with Crippen molar-refractivity contribution in [1.82, 2.24) is 10.2 Å². The summed E-state index contributed by atoms with van der Waals surface area (Å²) in [6.45, 7) is 3.35. The maximum absolute atomic E-state index is 13.8. The summed E-state index contributed by atoms with van der Waals surface area (Å²) in [6.07, 6.45) is 3.51. The number of hydrogen-bond acceptors (Lipinski definition) is 2. The Morgan fingerprint density at radius 3 is 2.70 bits per heavy atom. The lowest BCUT2D eigenvalue weighted by atomic mass is 9.94. The molecule has 1 N–H and O–H groups in total. The topological polar surface area (TPSA) is 15.3 Å². The van der Waals surface area contributed by atoms with Gasteiger partial charge in [0.2, 0.25) is 0 Å². The second kappa shape index (κ2) is 7.48. The Morgan fingerprint density at radius 2 is 2.00 bits per heavy atom. The number of halogens is 3. The molecule has 0 amide bonds. The number of nitrogens with zero attached hydrogens (tertiary/aromatic N) is 1. The molecule has 1 aliphatic rings. The van der Waals surface area contributed by atoms with Gasteiger partial charge >= 0.3 is 0 Å². The highest BCUT2D eigenvalue weighted by molar-refractivity contribution is 9.10. The molecule has 1 fully saturated rings. The van der Waals surface area contributed by atoms with Crippen LogP contribution in [0.25, 0.3) is 0 Å². The van der Waals surface area contributed by atoms with Crippen LogP contribution >= 0.6 is 15.9 Å². The van der Waals surface area contributed by atoms with Crippen LogP contribution in [0.2, 0.25) is 0 Å². The molecule has 112 valence electrons. The van der Waals surface area contributed by atoms with Gasteiger partial charge < -0.3 is 10.2 Å². The lowest BCUT2D eigenvalue weighted by Crippen LogP contribution is -2.31. The average molecular weight is 347 g/mol. The van der Waals surface area contributed by atoms with Crippen LogP contribution in [-0.4, -0.2) is 31.6 Å². The number of hydrogen-bond donors (Lipinski definition) is 1. The lowest BCUT2D eigenvalue weighted by Gasteiger charge is -2.28. The molecule has 0 saturated carbocycles. The molecule has 5 heteroatoms. The molecule has 1 heterocycles. The third kappa shape index (κ3) is 4.24. The van der Waals surface area contributed by atoms with Gasteiger partial charge in [0.25, 0.3) is 0 Å². The van der Waals surface area contributed by atoms with E-state index in [-0.39, 0.29) is 12.1 Å². The van der Waals surface area contributed by atoms with Crippen LogP contribution in [0.4, 0.5) is 8.78 Å². The highest BCUT2D eigenvalue weighted by Crippen LogP contribution is 2.22. The molecular formula is C15H21BrF2N2. The predicted molar refractivity (Wildman–Crippen MR) is 80.6 cm³/mol. The van der Waals surface area contributed by atoms with Gasteiger partial charge in [0.1, 0.15) is 11.6 Å². The van der Waals surface area contributed by atoms with E-state index in [1.165, 1.54) is 25.0 Å². The first-order chi connectivity index (χ1) is 9.58. The van der Waals surface area contributed by atoms with Crippen molar-refractivity contribution in [1.29, 1.82) is 0 Å². The Morgan fingerprint density at radius 1 is 1.30 bits per heavy atom. The number of likely N-dealkylation sites (tertiary alicyclic amines) is 1. The zero-order valence-corrected chi connectivity index (χ0v) is 13.3. The fraction of sp³-hybridized carbons (Fsp3) is 0.600. The van der Waals surface area contributed by atoms with Crippen LogP contribution in [-0.2, 0) is 6.54 Å². The first-order valence-electron chi connectivity index (χ1n) is 7.09. The van der Waals surface area contributed by atoms with E-state index < -0.39 is 11.6 Å². The normalized spacial score (nSPS) is 17.6. The Kier molecular flexibility index (Phi) is 5.93. The molecule has 1 aromatic carbocycles. The van der Waals surface area contributed by atoms with E-state index in [9.17, 15) is 8.78 Å². The maximum atomic E-state index is 13.8. The van der Waals surface area contributed by atoms with E-state index in [2.05, 4.69) is 33.2 Å². The Labute approximate surface area is 127 Å². The largest absolute Gasteiger partial charge is 0.312 e. The summed E-state index contributed by atoms with van der Waals surface area (Å²) in [5.41, 5.74) is 0.114. The summed E-state index contributed by atoms with van der Waals surface area (Å²) in [5.74, 6) is -0.259. The van der Waals surface area contributed by atoms with E-state index in [1.807, 2.05) is 0 Å². The molecule has 1 saturated heterocycles. The fourth-order valence-electron chi connectivity index (χ4n) is 2.60. The van der Waals surface area contributed by atoms with E-state index in [0.29, 0.717) is 4.47 Å². The fourth-order valence-corrected chi connectivity index (χ4v) is 2.97. The van der Waals surface area contributed by atoms with E-state index in [1.54, 1.807) is 0 Å². The summed E-state index contributed by atoms with van der Waals surface area (Å²) in [5, 5.41) is 3.15. The zero-order valence-electron chi connectivity index (χ0n) is 11.8. The van der Waals surface area contributed by atoms with Gasteiger partial charge in [0.05, 0.1) is 4.47 Å². The van der Waals surface area contributed by atoms with Crippen LogP contribution in [0.15, 0.2) is 16.6 Å². The van der Waals surface area contributed by atoms with E-state index in [0.717, 1.165) is 32.0 Å². The molecule has 1 aliphatic heterocycles. The van der Waals surface area contributed by atoms with Gasteiger partial charge in [-0.25, -0.2) is 8.78 Å². The first kappa shape index (κ1) is 15.9. The van der Waals surface area contributed by atoms with Crippen molar-refractivity contribution in [3.8, 4) is 0 Å². The zero-order chi connectivity index (χ0) is 14.5. The second-order valence-corrected chi connectivity index (χ2v) is 6.39. The summed E-state index contributed by atoms with van der Waals surface area (Å²) in [6, 6.07) is 2.69. The SMILES string of the molecule is CN1CCC(CCNCc2c(F)ccc(Br)c2F)CC1. The number of rotatable bonds is 5. The van der Waals surface area contributed by atoms with Crippen LogP contribution in [0, 0.1) is 17.6 Å². The smallest absolute Gasteiger partial charge is 0.144 e.